The third-order valence-corrected chi connectivity index (χ3v) is 6.35. The Morgan fingerprint density at radius 3 is 2.41 bits per heavy atom. The van der Waals surface area contributed by atoms with Crippen LogP contribution in [0.2, 0.25) is 5.02 Å². The molecule has 3 aromatic rings. The van der Waals surface area contributed by atoms with Crippen LogP contribution in [0.5, 0.6) is 11.5 Å². The maximum absolute atomic E-state index is 13.2. The monoisotopic (exact) mass is 611 g/mol. The standard InChI is InChI=1S/C28H23BrClN3O6/c1-3-38-23-14-17(13-22(29)25(23)39-15-24(34)31-19-8-4-16(2)5-9-19)12-21-26(35)32-28(37)33(27(21)36)20-10-6-18(30)7-11-20/h4-14H,3,15H2,1-2H3,(H,31,34)(H,32,35,37)/b21-12+. The minimum absolute atomic E-state index is 0.254. The summed E-state index contributed by atoms with van der Waals surface area (Å²) in [5, 5.41) is 5.37. The van der Waals surface area contributed by atoms with Gasteiger partial charge in [0.1, 0.15) is 5.57 Å². The average molecular weight is 613 g/mol. The van der Waals surface area contributed by atoms with Gasteiger partial charge >= 0.3 is 6.03 Å². The zero-order valence-corrected chi connectivity index (χ0v) is 23.3. The van der Waals surface area contributed by atoms with Crippen LogP contribution in [-0.4, -0.2) is 37.0 Å². The molecule has 200 valence electrons. The number of aryl methyl sites for hydroxylation is 1. The van der Waals surface area contributed by atoms with E-state index in [-0.39, 0.29) is 41.9 Å². The highest BCUT2D eigenvalue weighted by Crippen LogP contribution is 2.38. The molecule has 11 heteroatoms. The van der Waals surface area contributed by atoms with Crippen LogP contribution in [0.3, 0.4) is 0 Å². The lowest BCUT2D eigenvalue weighted by Crippen LogP contribution is -2.54. The highest BCUT2D eigenvalue weighted by atomic mass is 79.9. The van der Waals surface area contributed by atoms with Crippen molar-refractivity contribution in [2.45, 2.75) is 13.8 Å². The molecule has 0 spiro atoms. The number of benzene rings is 3. The Bertz CT molecular complexity index is 1470. The van der Waals surface area contributed by atoms with E-state index >= 15 is 0 Å². The summed E-state index contributed by atoms with van der Waals surface area (Å²) in [6.07, 6.45) is 1.34. The average Bonchev–Trinajstić information content (AvgIpc) is 2.88. The van der Waals surface area contributed by atoms with E-state index in [2.05, 4.69) is 26.6 Å². The summed E-state index contributed by atoms with van der Waals surface area (Å²) in [4.78, 5) is 51.5. The second-order valence-corrected chi connectivity index (χ2v) is 9.69. The largest absolute Gasteiger partial charge is 0.490 e. The highest BCUT2D eigenvalue weighted by Gasteiger charge is 2.36. The van der Waals surface area contributed by atoms with E-state index in [1.54, 1.807) is 31.2 Å². The number of carbonyl (C=O) groups is 4. The third kappa shape index (κ3) is 6.65. The van der Waals surface area contributed by atoms with Crippen molar-refractivity contribution in [1.82, 2.24) is 5.32 Å². The van der Waals surface area contributed by atoms with Crippen LogP contribution in [0, 0.1) is 6.92 Å². The molecule has 0 radical (unpaired) electrons. The number of nitrogens with one attached hydrogen (secondary N) is 2. The number of imide groups is 2. The Kier molecular flexibility index (Phi) is 8.68. The smallest absolute Gasteiger partial charge is 0.335 e. The van der Waals surface area contributed by atoms with E-state index in [9.17, 15) is 19.2 Å². The number of ether oxygens (including phenoxy) is 2. The molecule has 0 atom stereocenters. The lowest BCUT2D eigenvalue weighted by atomic mass is 10.1. The van der Waals surface area contributed by atoms with Gasteiger partial charge in [-0.1, -0.05) is 29.3 Å². The summed E-state index contributed by atoms with van der Waals surface area (Å²) in [5.74, 6) is -1.44. The van der Waals surface area contributed by atoms with Gasteiger partial charge in [-0.2, -0.15) is 0 Å². The number of hydrogen-bond donors (Lipinski definition) is 2. The van der Waals surface area contributed by atoms with Gasteiger partial charge in [0, 0.05) is 10.7 Å². The van der Waals surface area contributed by atoms with Crippen LogP contribution in [0.4, 0.5) is 16.2 Å². The maximum atomic E-state index is 13.2. The van der Waals surface area contributed by atoms with Crippen LogP contribution in [-0.2, 0) is 14.4 Å². The van der Waals surface area contributed by atoms with Gasteiger partial charge in [-0.05, 0) is 89.9 Å². The lowest BCUT2D eigenvalue weighted by Gasteiger charge is -2.26. The fraction of sp³-hybridized carbons (Fsp3) is 0.143. The SMILES string of the molecule is CCOc1cc(/C=C2\C(=O)NC(=O)N(c3ccc(Cl)cc3)C2=O)cc(Br)c1OCC(=O)Nc1ccc(C)cc1. The van der Waals surface area contributed by atoms with Gasteiger partial charge in [-0.3, -0.25) is 19.7 Å². The van der Waals surface area contributed by atoms with Crippen LogP contribution in [0.1, 0.15) is 18.1 Å². The van der Waals surface area contributed by atoms with Crippen LogP contribution in [0.25, 0.3) is 6.08 Å². The molecule has 3 aromatic carbocycles. The highest BCUT2D eigenvalue weighted by molar-refractivity contribution is 9.10. The van der Waals surface area contributed by atoms with Crippen molar-refractivity contribution >= 4 is 68.7 Å². The molecular formula is C28H23BrClN3O6. The first-order valence-corrected chi connectivity index (χ1v) is 13.0. The Morgan fingerprint density at radius 1 is 1.05 bits per heavy atom. The number of hydrogen-bond acceptors (Lipinski definition) is 6. The fourth-order valence-corrected chi connectivity index (χ4v) is 4.39. The first-order valence-electron chi connectivity index (χ1n) is 11.8. The van der Waals surface area contributed by atoms with Crippen molar-refractivity contribution in [1.29, 1.82) is 0 Å². The normalized spacial score (nSPS) is 14.3. The Balaban J connectivity index is 1.57. The molecule has 4 rings (SSSR count). The predicted octanol–water partition coefficient (Wildman–Crippen LogP) is 5.49. The molecule has 1 aliphatic heterocycles. The van der Waals surface area contributed by atoms with Gasteiger partial charge in [0.05, 0.1) is 16.8 Å². The summed E-state index contributed by atoms with van der Waals surface area (Å²) >= 11 is 9.34. The number of urea groups is 1. The minimum Gasteiger partial charge on any atom is -0.490 e. The van der Waals surface area contributed by atoms with E-state index < -0.39 is 17.8 Å². The summed E-state index contributed by atoms with van der Waals surface area (Å²) in [7, 11) is 0. The van der Waals surface area contributed by atoms with Crippen molar-refractivity contribution in [2.24, 2.45) is 0 Å². The van der Waals surface area contributed by atoms with Gasteiger partial charge in [-0.15, -0.1) is 0 Å². The molecular weight excluding hydrogens is 590 g/mol. The quantitative estimate of drug-likeness (QED) is 0.257. The van der Waals surface area contributed by atoms with E-state index in [0.717, 1.165) is 10.5 Å². The van der Waals surface area contributed by atoms with Crippen molar-refractivity contribution in [3.8, 4) is 11.5 Å². The number of rotatable bonds is 8. The molecule has 1 heterocycles. The minimum atomic E-state index is -0.867. The van der Waals surface area contributed by atoms with E-state index in [1.807, 2.05) is 19.1 Å². The first-order chi connectivity index (χ1) is 18.7. The van der Waals surface area contributed by atoms with Gasteiger partial charge in [0.25, 0.3) is 17.7 Å². The molecule has 1 saturated heterocycles. The molecule has 0 bridgehead atoms. The molecule has 9 nitrogen and oxygen atoms in total. The Hall–Kier alpha value is -4.15. The molecule has 1 aliphatic rings. The molecule has 0 saturated carbocycles. The third-order valence-electron chi connectivity index (χ3n) is 5.51. The fourth-order valence-electron chi connectivity index (χ4n) is 3.69. The van der Waals surface area contributed by atoms with E-state index in [4.69, 9.17) is 21.1 Å². The second-order valence-electron chi connectivity index (χ2n) is 8.40. The molecule has 0 aliphatic carbocycles. The molecule has 0 unspecified atom stereocenters. The van der Waals surface area contributed by atoms with Crippen molar-refractivity contribution in [3.63, 3.8) is 0 Å². The van der Waals surface area contributed by atoms with E-state index in [1.165, 1.54) is 30.3 Å². The zero-order valence-electron chi connectivity index (χ0n) is 20.9. The van der Waals surface area contributed by atoms with Gasteiger partial charge in [0.15, 0.2) is 18.1 Å². The summed E-state index contributed by atoms with van der Waals surface area (Å²) in [6.45, 7) is 3.73. The second kappa shape index (κ2) is 12.1. The zero-order chi connectivity index (χ0) is 28.1. The number of barbiturate groups is 1. The number of amides is 5. The molecule has 2 N–H and O–H groups in total. The molecule has 39 heavy (non-hydrogen) atoms. The Labute approximate surface area is 237 Å². The number of nitrogens with zero attached hydrogens (tertiary/aromatic N) is 1. The number of halogens is 2. The molecule has 0 aromatic heterocycles. The van der Waals surface area contributed by atoms with Crippen LogP contribution >= 0.6 is 27.5 Å². The Morgan fingerprint density at radius 2 is 1.74 bits per heavy atom. The lowest BCUT2D eigenvalue weighted by molar-refractivity contribution is -0.122. The van der Waals surface area contributed by atoms with Crippen molar-refractivity contribution in [3.05, 3.63) is 86.9 Å². The summed E-state index contributed by atoms with van der Waals surface area (Å²) in [5.41, 5.74) is 2.13. The predicted molar refractivity (Wildman–Crippen MR) is 151 cm³/mol. The topological polar surface area (TPSA) is 114 Å². The summed E-state index contributed by atoms with van der Waals surface area (Å²) < 4.78 is 11.9. The summed E-state index contributed by atoms with van der Waals surface area (Å²) in [6, 6.07) is 15.7. The first kappa shape index (κ1) is 27.9. The number of carbonyl (C=O) groups excluding carboxylic acids is 4. The van der Waals surface area contributed by atoms with Gasteiger partial charge in [-0.25, -0.2) is 9.69 Å². The maximum Gasteiger partial charge on any atom is 0.335 e. The van der Waals surface area contributed by atoms with Crippen molar-refractivity contribution in [2.75, 3.05) is 23.4 Å². The van der Waals surface area contributed by atoms with Crippen molar-refractivity contribution < 1.29 is 28.7 Å². The van der Waals surface area contributed by atoms with Gasteiger partial charge in [0.2, 0.25) is 0 Å². The van der Waals surface area contributed by atoms with Gasteiger partial charge < -0.3 is 14.8 Å². The van der Waals surface area contributed by atoms with Crippen LogP contribution < -0.4 is 25.0 Å². The molecule has 5 amide bonds. The van der Waals surface area contributed by atoms with Crippen LogP contribution in [0.15, 0.2) is 70.7 Å². The van der Waals surface area contributed by atoms with E-state index in [0.29, 0.717) is 20.7 Å². The number of anilines is 2. The molecule has 1 fully saturated rings.